The van der Waals surface area contributed by atoms with E-state index in [0.29, 0.717) is 24.0 Å². The van der Waals surface area contributed by atoms with Gasteiger partial charge in [0.1, 0.15) is 23.2 Å². The van der Waals surface area contributed by atoms with Gasteiger partial charge in [0.15, 0.2) is 0 Å². The van der Waals surface area contributed by atoms with E-state index in [4.69, 9.17) is 22.7 Å². The number of anilines is 1. The number of nitrogens with one attached hydrogen (secondary N) is 1. The maximum Gasteiger partial charge on any atom is 0.136 e. The summed E-state index contributed by atoms with van der Waals surface area (Å²) in [7, 11) is 0. The molecule has 2 aromatic rings. The molecule has 0 aliphatic rings. The van der Waals surface area contributed by atoms with Gasteiger partial charge in [0.05, 0.1) is 12.1 Å². The number of para-hydroxylation sites is 1. The van der Waals surface area contributed by atoms with Crippen LogP contribution in [0.15, 0.2) is 42.5 Å². The molecule has 1 heterocycles. The molecule has 4 nitrogen and oxygen atoms in total. The third-order valence-corrected chi connectivity index (χ3v) is 2.93. The van der Waals surface area contributed by atoms with Gasteiger partial charge in [0, 0.05) is 5.69 Å². The number of aryl methyl sites for hydroxylation is 1. The first-order valence-corrected chi connectivity index (χ1v) is 6.77. The molecule has 0 aliphatic heterocycles. The first-order valence-electron chi connectivity index (χ1n) is 6.36. The van der Waals surface area contributed by atoms with E-state index in [-0.39, 0.29) is 0 Å². The van der Waals surface area contributed by atoms with Crippen LogP contribution in [-0.4, -0.2) is 23.1 Å². The second-order valence-corrected chi connectivity index (χ2v) is 4.74. The summed E-state index contributed by atoms with van der Waals surface area (Å²) >= 11 is 5.01. The Morgan fingerprint density at radius 3 is 2.70 bits per heavy atom. The summed E-state index contributed by atoms with van der Waals surface area (Å²) in [5.74, 6) is 1.55. The van der Waals surface area contributed by atoms with Gasteiger partial charge < -0.3 is 15.8 Å². The number of rotatable bonds is 6. The Bertz CT molecular complexity index is 587. The van der Waals surface area contributed by atoms with Crippen LogP contribution in [0.2, 0.25) is 0 Å². The van der Waals surface area contributed by atoms with Crippen LogP contribution in [0.5, 0.6) is 5.75 Å². The van der Waals surface area contributed by atoms with Gasteiger partial charge in [-0.2, -0.15) is 0 Å². The average Bonchev–Trinajstić information content (AvgIpc) is 2.44. The molecule has 0 radical (unpaired) electrons. The van der Waals surface area contributed by atoms with E-state index in [1.54, 1.807) is 0 Å². The van der Waals surface area contributed by atoms with E-state index in [0.717, 1.165) is 17.0 Å². The quantitative estimate of drug-likeness (QED) is 0.631. The molecule has 0 aliphatic carbocycles. The van der Waals surface area contributed by atoms with Crippen molar-refractivity contribution in [2.75, 3.05) is 18.5 Å². The Kier molecular flexibility index (Phi) is 4.90. The Balaban J connectivity index is 1.91. The van der Waals surface area contributed by atoms with Crippen molar-refractivity contribution in [2.24, 2.45) is 5.73 Å². The zero-order chi connectivity index (χ0) is 14.4. The van der Waals surface area contributed by atoms with Crippen molar-refractivity contribution in [2.45, 2.75) is 6.92 Å². The third kappa shape index (κ3) is 3.93. The number of hydrogen-bond acceptors (Lipinski definition) is 4. The van der Waals surface area contributed by atoms with Gasteiger partial charge in [-0.1, -0.05) is 30.4 Å². The molecule has 0 spiro atoms. The lowest BCUT2D eigenvalue weighted by Gasteiger charge is -2.11. The molecule has 0 amide bonds. The van der Waals surface area contributed by atoms with Gasteiger partial charge in [-0.15, -0.1) is 0 Å². The summed E-state index contributed by atoms with van der Waals surface area (Å²) < 4.78 is 5.60. The lowest BCUT2D eigenvalue weighted by Crippen LogP contribution is -2.18. The van der Waals surface area contributed by atoms with E-state index < -0.39 is 0 Å². The predicted octanol–water partition coefficient (Wildman–Crippen LogP) is 2.52. The fourth-order valence-corrected chi connectivity index (χ4v) is 1.91. The zero-order valence-corrected chi connectivity index (χ0v) is 12.1. The summed E-state index contributed by atoms with van der Waals surface area (Å²) in [4.78, 5) is 4.74. The van der Waals surface area contributed by atoms with E-state index in [9.17, 15) is 0 Å². The molecular weight excluding hydrogens is 270 g/mol. The van der Waals surface area contributed by atoms with Gasteiger partial charge >= 0.3 is 0 Å². The van der Waals surface area contributed by atoms with Crippen molar-refractivity contribution in [1.82, 2.24) is 4.98 Å². The highest BCUT2D eigenvalue weighted by Gasteiger charge is 2.06. The van der Waals surface area contributed by atoms with Gasteiger partial charge in [-0.25, -0.2) is 4.98 Å². The van der Waals surface area contributed by atoms with Crippen LogP contribution in [0, 0.1) is 6.92 Å². The highest BCUT2D eigenvalue weighted by Crippen LogP contribution is 2.13. The predicted molar refractivity (Wildman–Crippen MR) is 85.3 cm³/mol. The van der Waals surface area contributed by atoms with E-state index in [1.807, 2.05) is 49.4 Å². The maximum absolute atomic E-state index is 5.68. The molecule has 20 heavy (non-hydrogen) atoms. The van der Waals surface area contributed by atoms with Crippen molar-refractivity contribution in [3.8, 4) is 5.75 Å². The summed E-state index contributed by atoms with van der Waals surface area (Å²) in [6.07, 6.45) is 0. The second-order valence-electron chi connectivity index (χ2n) is 4.30. The highest BCUT2D eigenvalue weighted by atomic mass is 32.1. The molecule has 0 unspecified atom stereocenters. The number of ether oxygens (including phenoxy) is 1. The second kappa shape index (κ2) is 6.86. The van der Waals surface area contributed by atoms with Crippen LogP contribution in [0.25, 0.3) is 0 Å². The largest absolute Gasteiger partial charge is 0.492 e. The minimum absolute atomic E-state index is 0.337. The van der Waals surface area contributed by atoms with Crippen LogP contribution in [-0.2, 0) is 0 Å². The topological polar surface area (TPSA) is 60.2 Å². The normalized spacial score (nSPS) is 10.1. The van der Waals surface area contributed by atoms with Crippen molar-refractivity contribution < 1.29 is 4.74 Å². The van der Waals surface area contributed by atoms with E-state index >= 15 is 0 Å². The van der Waals surface area contributed by atoms with Crippen molar-refractivity contribution in [3.63, 3.8) is 0 Å². The monoisotopic (exact) mass is 287 g/mol. The van der Waals surface area contributed by atoms with Crippen molar-refractivity contribution in [1.29, 1.82) is 0 Å². The van der Waals surface area contributed by atoms with Gasteiger partial charge in [-0.3, -0.25) is 0 Å². The van der Waals surface area contributed by atoms with Crippen LogP contribution in [0.1, 0.15) is 11.3 Å². The number of aromatic nitrogens is 1. The minimum Gasteiger partial charge on any atom is -0.492 e. The summed E-state index contributed by atoms with van der Waals surface area (Å²) in [5.41, 5.74) is 7.35. The highest BCUT2D eigenvalue weighted by molar-refractivity contribution is 7.80. The van der Waals surface area contributed by atoms with Gasteiger partial charge in [0.2, 0.25) is 0 Å². The Morgan fingerprint density at radius 2 is 2.00 bits per heavy atom. The molecule has 3 N–H and O–H groups in total. The summed E-state index contributed by atoms with van der Waals surface area (Å²) in [6, 6.07) is 13.4. The van der Waals surface area contributed by atoms with Crippen LogP contribution >= 0.6 is 12.2 Å². The molecule has 1 aromatic carbocycles. The first kappa shape index (κ1) is 14.3. The Morgan fingerprint density at radius 1 is 1.25 bits per heavy atom. The lowest BCUT2D eigenvalue weighted by molar-refractivity contribution is 0.333. The number of nitrogens with zero attached hydrogens (tertiary/aromatic N) is 1. The van der Waals surface area contributed by atoms with E-state index in [2.05, 4.69) is 10.3 Å². The number of benzene rings is 1. The number of thiocarbonyl (C=S) groups is 1. The first-order chi connectivity index (χ1) is 9.66. The van der Waals surface area contributed by atoms with Crippen molar-refractivity contribution >= 4 is 23.0 Å². The number of pyridine rings is 1. The van der Waals surface area contributed by atoms with E-state index in [1.165, 1.54) is 0 Å². The molecule has 104 valence electrons. The van der Waals surface area contributed by atoms with Crippen molar-refractivity contribution in [3.05, 3.63) is 53.7 Å². The number of nitrogens with two attached hydrogens (primary N) is 1. The Hall–Kier alpha value is -2.14. The molecule has 0 atom stereocenters. The minimum atomic E-state index is 0.337. The fraction of sp³-hybridized carbons (Fsp3) is 0.200. The molecule has 0 fully saturated rings. The molecule has 0 saturated carbocycles. The molecule has 5 heteroatoms. The van der Waals surface area contributed by atoms with Crippen LogP contribution in [0.4, 0.5) is 5.82 Å². The molecule has 0 bridgehead atoms. The molecule has 0 saturated heterocycles. The van der Waals surface area contributed by atoms with Gasteiger partial charge in [0.25, 0.3) is 0 Å². The van der Waals surface area contributed by atoms with Gasteiger partial charge in [-0.05, 0) is 31.2 Å². The fourth-order valence-electron chi connectivity index (χ4n) is 1.75. The lowest BCUT2D eigenvalue weighted by atomic mass is 10.2. The zero-order valence-electron chi connectivity index (χ0n) is 11.3. The third-order valence-electron chi connectivity index (χ3n) is 2.71. The van der Waals surface area contributed by atoms with Crippen LogP contribution in [0.3, 0.4) is 0 Å². The standard InChI is InChI=1S/C15H17N3OS/c1-11-7-8-13(14(16)20)15(18-11)17-9-10-19-12-5-3-2-4-6-12/h2-8H,9-10H2,1H3,(H2,16,20)(H,17,18). The molecular formula is C15H17N3OS. The maximum atomic E-state index is 5.68. The Labute approximate surface area is 124 Å². The average molecular weight is 287 g/mol. The summed E-state index contributed by atoms with van der Waals surface area (Å²) in [6.45, 7) is 3.09. The summed E-state index contributed by atoms with van der Waals surface area (Å²) in [5, 5.41) is 3.20. The smallest absolute Gasteiger partial charge is 0.136 e. The van der Waals surface area contributed by atoms with Crippen LogP contribution < -0.4 is 15.8 Å². The number of hydrogen-bond donors (Lipinski definition) is 2. The SMILES string of the molecule is Cc1ccc(C(N)=S)c(NCCOc2ccccc2)n1. The molecule has 2 rings (SSSR count). The molecule has 1 aromatic heterocycles.